The standard InChI is InChI=1S/C29H25N3O2S2/c1-18-10-12-19(13-11-18)28(34)30-20-14-15-23-26(16-20)36-29(31-23)35-17-27(33)32-24-8-4-2-6-21(24)22-7-3-5-9-25(22)32/h2,4,6,8,10-16H,3,5,7,9,17H2,1H3,(H,30,34). The van der Waals surface area contributed by atoms with Gasteiger partial charge in [-0.2, -0.15) is 0 Å². The second-order valence-electron chi connectivity index (χ2n) is 9.15. The lowest BCUT2D eigenvalue weighted by atomic mass is 9.96. The van der Waals surface area contributed by atoms with Crippen LogP contribution in [0.2, 0.25) is 0 Å². The van der Waals surface area contributed by atoms with E-state index >= 15 is 0 Å². The normalized spacial score (nSPS) is 13.1. The molecule has 6 rings (SSSR count). The molecule has 36 heavy (non-hydrogen) atoms. The van der Waals surface area contributed by atoms with Crippen molar-refractivity contribution in [2.45, 2.75) is 36.9 Å². The zero-order valence-corrected chi connectivity index (χ0v) is 21.5. The van der Waals surface area contributed by atoms with Crippen LogP contribution in [0.3, 0.4) is 0 Å². The van der Waals surface area contributed by atoms with Crippen LogP contribution in [0.25, 0.3) is 21.1 Å². The molecule has 0 saturated heterocycles. The number of hydrogen-bond donors (Lipinski definition) is 1. The maximum absolute atomic E-state index is 13.4. The van der Waals surface area contributed by atoms with Crippen LogP contribution in [-0.4, -0.2) is 27.1 Å². The molecule has 7 heteroatoms. The number of benzene rings is 3. The average Bonchev–Trinajstić information content (AvgIpc) is 3.46. The van der Waals surface area contributed by atoms with Gasteiger partial charge in [-0.05, 0) is 74.6 Å². The maximum atomic E-state index is 13.4. The van der Waals surface area contributed by atoms with E-state index in [4.69, 9.17) is 4.98 Å². The van der Waals surface area contributed by atoms with Crippen molar-refractivity contribution < 1.29 is 9.59 Å². The summed E-state index contributed by atoms with van der Waals surface area (Å²) in [7, 11) is 0. The third kappa shape index (κ3) is 4.33. The van der Waals surface area contributed by atoms with Gasteiger partial charge in [-0.25, -0.2) is 4.98 Å². The SMILES string of the molecule is Cc1ccc(C(=O)Nc2ccc3nc(SCC(=O)n4c5c(c6ccccc64)CCCC5)sc3c2)cc1. The first-order valence-corrected chi connectivity index (χ1v) is 13.9. The van der Waals surface area contributed by atoms with E-state index in [9.17, 15) is 9.59 Å². The number of aryl methyl sites for hydroxylation is 2. The molecule has 1 amide bonds. The van der Waals surface area contributed by atoms with Gasteiger partial charge in [-0.1, -0.05) is 47.7 Å². The molecule has 0 aliphatic heterocycles. The molecule has 0 radical (unpaired) electrons. The molecule has 0 bridgehead atoms. The molecule has 0 atom stereocenters. The second-order valence-corrected chi connectivity index (χ2v) is 11.4. The number of carbonyl (C=O) groups excluding carboxylic acids is 2. The lowest BCUT2D eigenvalue weighted by Crippen LogP contribution is -2.18. The number of hydrogen-bond acceptors (Lipinski definition) is 5. The lowest BCUT2D eigenvalue weighted by Gasteiger charge is -2.14. The molecule has 5 aromatic rings. The molecule has 0 spiro atoms. The zero-order valence-electron chi connectivity index (χ0n) is 19.9. The lowest BCUT2D eigenvalue weighted by molar-refractivity contribution is 0.0942. The third-order valence-electron chi connectivity index (χ3n) is 6.69. The summed E-state index contributed by atoms with van der Waals surface area (Å²) >= 11 is 3.03. The average molecular weight is 512 g/mol. The number of fused-ring (bicyclic) bond motifs is 4. The van der Waals surface area contributed by atoms with Crippen molar-refractivity contribution in [3.63, 3.8) is 0 Å². The smallest absolute Gasteiger partial charge is 0.255 e. The highest BCUT2D eigenvalue weighted by Crippen LogP contribution is 2.34. The van der Waals surface area contributed by atoms with Crippen molar-refractivity contribution in [1.82, 2.24) is 9.55 Å². The highest BCUT2D eigenvalue weighted by Gasteiger charge is 2.23. The quantitative estimate of drug-likeness (QED) is 0.255. The van der Waals surface area contributed by atoms with Crippen molar-refractivity contribution in [3.05, 3.63) is 89.1 Å². The molecule has 1 aliphatic rings. The first-order valence-electron chi connectivity index (χ1n) is 12.1. The number of amides is 1. The summed E-state index contributed by atoms with van der Waals surface area (Å²) in [4.78, 5) is 30.7. The first kappa shape index (κ1) is 23.0. The van der Waals surface area contributed by atoms with Gasteiger partial charge in [0.25, 0.3) is 5.91 Å². The van der Waals surface area contributed by atoms with Crippen LogP contribution in [0.1, 0.15) is 44.8 Å². The van der Waals surface area contributed by atoms with Gasteiger partial charge < -0.3 is 5.32 Å². The number of nitrogens with one attached hydrogen (secondary N) is 1. The number of para-hydroxylation sites is 1. The summed E-state index contributed by atoms with van der Waals surface area (Å²) in [6, 6.07) is 21.5. The minimum absolute atomic E-state index is 0.102. The monoisotopic (exact) mass is 511 g/mol. The van der Waals surface area contributed by atoms with Crippen LogP contribution < -0.4 is 5.32 Å². The highest BCUT2D eigenvalue weighted by atomic mass is 32.2. The fourth-order valence-corrected chi connectivity index (χ4v) is 6.88. The maximum Gasteiger partial charge on any atom is 0.255 e. The van der Waals surface area contributed by atoms with Gasteiger partial charge in [0, 0.05) is 22.3 Å². The molecule has 1 N–H and O–H groups in total. The Balaban J connectivity index is 1.19. The summed E-state index contributed by atoms with van der Waals surface area (Å²) in [6.45, 7) is 2.00. The predicted octanol–water partition coefficient (Wildman–Crippen LogP) is 7.12. The summed E-state index contributed by atoms with van der Waals surface area (Å²) in [5, 5.41) is 4.18. The van der Waals surface area contributed by atoms with Crippen LogP contribution in [0, 0.1) is 6.92 Å². The fourth-order valence-electron chi connectivity index (χ4n) is 4.92. The van der Waals surface area contributed by atoms with Gasteiger partial charge in [-0.15, -0.1) is 11.3 Å². The molecule has 3 aromatic carbocycles. The molecule has 0 saturated carbocycles. The Morgan fingerprint density at radius 2 is 1.83 bits per heavy atom. The molecule has 5 nitrogen and oxygen atoms in total. The van der Waals surface area contributed by atoms with Crippen LogP contribution in [0.15, 0.2) is 71.1 Å². The largest absolute Gasteiger partial charge is 0.322 e. The number of carbonyl (C=O) groups is 2. The Kier molecular flexibility index (Phi) is 6.11. The molecular formula is C29H25N3O2S2. The van der Waals surface area contributed by atoms with Crippen molar-refractivity contribution in [1.29, 1.82) is 0 Å². The Bertz CT molecular complexity index is 1620. The van der Waals surface area contributed by atoms with E-state index in [1.54, 1.807) is 11.3 Å². The molecule has 2 aromatic heterocycles. The van der Waals surface area contributed by atoms with Crippen LogP contribution >= 0.6 is 23.1 Å². The zero-order chi connectivity index (χ0) is 24.6. The summed E-state index contributed by atoms with van der Waals surface area (Å²) in [6.07, 6.45) is 4.32. The number of thioether (sulfide) groups is 1. The first-order chi connectivity index (χ1) is 17.6. The van der Waals surface area contributed by atoms with Crippen molar-refractivity contribution >= 4 is 61.7 Å². The van der Waals surface area contributed by atoms with Gasteiger partial charge in [0.05, 0.1) is 21.5 Å². The van der Waals surface area contributed by atoms with E-state index in [-0.39, 0.29) is 11.8 Å². The van der Waals surface area contributed by atoms with Gasteiger partial charge in [0.2, 0.25) is 5.91 Å². The molecule has 180 valence electrons. The van der Waals surface area contributed by atoms with E-state index in [1.807, 2.05) is 60.0 Å². The van der Waals surface area contributed by atoms with Crippen LogP contribution in [0.4, 0.5) is 5.69 Å². The highest BCUT2D eigenvalue weighted by molar-refractivity contribution is 8.01. The van der Waals surface area contributed by atoms with Crippen molar-refractivity contribution in [3.8, 4) is 0 Å². The van der Waals surface area contributed by atoms with E-state index in [0.717, 1.165) is 50.6 Å². The summed E-state index contributed by atoms with van der Waals surface area (Å²) < 4.78 is 3.78. The number of aromatic nitrogens is 2. The second kappa shape index (κ2) is 9.56. The minimum atomic E-state index is -0.138. The Hall–Kier alpha value is -3.42. The van der Waals surface area contributed by atoms with Crippen LogP contribution in [0.5, 0.6) is 0 Å². The molecule has 1 aliphatic carbocycles. The number of rotatable bonds is 5. The van der Waals surface area contributed by atoms with E-state index in [0.29, 0.717) is 11.3 Å². The Labute approximate surface area is 217 Å². The summed E-state index contributed by atoms with van der Waals surface area (Å²) in [5.41, 5.74) is 6.89. The molecule has 0 unspecified atom stereocenters. The summed E-state index contributed by atoms with van der Waals surface area (Å²) in [5.74, 6) is 0.299. The van der Waals surface area contributed by atoms with Crippen molar-refractivity contribution in [2.24, 2.45) is 0 Å². The van der Waals surface area contributed by atoms with Gasteiger partial charge >= 0.3 is 0 Å². The third-order valence-corrected chi connectivity index (χ3v) is 8.83. The fraction of sp³-hybridized carbons (Fsp3) is 0.207. The number of anilines is 1. The van der Waals surface area contributed by atoms with Crippen LogP contribution in [-0.2, 0) is 12.8 Å². The predicted molar refractivity (Wildman–Crippen MR) is 149 cm³/mol. The molecule has 2 heterocycles. The van der Waals surface area contributed by atoms with E-state index in [1.165, 1.54) is 34.8 Å². The number of thiazole rings is 1. The molecular weight excluding hydrogens is 486 g/mol. The van der Waals surface area contributed by atoms with E-state index in [2.05, 4.69) is 23.5 Å². The topological polar surface area (TPSA) is 64.0 Å². The van der Waals surface area contributed by atoms with Gasteiger partial charge in [0.15, 0.2) is 4.34 Å². The van der Waals surface area contributed by atoms with E-state index < -0.39 is 0 Å². The number of nitrogens with zero attached hydrogens (tertiary/aromatic N) is 2. The Morgan fingerprint density at radius 1 is 1.03 bits per heavy atom. The Morgan fingerprint density at radius 3 is 2.69 bits per heavy atom. The van der Waals surface area contributed by atoms with Gasteiger partial charge in [0.1, 0.15) is 0 Å². The minimum Gasteiger partial charge on any atom is -0.322 e. The molecule has 0 fully saturated rings. The van der Waals surface area contributed by atoms with Crippen molar-refractivity contribution in [2.75, 3.05) is 11.1 Å². The van der Waals surface area contributed by atoms with Gasteiger partial charge in [-0.3, -0.25) is 14.2 Å².